The highest BCUT2D eigenvalue weighted by Crippen LogP contribution is 2.61. The lowest BCUT2D eigenvalue weighted by Crippen LogP contribution is -2.62. The molecule has 5 N–H and O–H groups in total. The highest BCUT2D eigenvalue weighted by atomic mass is 16.7. The van der Waals surface area contributed by atoms with Crippen molar-refractivity contribution < 1.29 is 34.5 Å². The van der Waals surface area contributed by atoms with Crippen molar-refractivity contribution in [2.24, 2.45) is 52.8 Å². The molecule has 310 valence electrons. The third-order valence-electron chi connectivity index (χ3n) is 15.7. The third kappa shape index (κ3) is 8.86. The van der Waals surface area contributed by atoms with Crippen molar-refractivity contribution in [3.8, 4) is 0 Å². The molecule has 2 bridgehead atoms. The predicted octanol–water partition coefficient (Wildman–Crippen LogP) is 2.89. The van der Waals surface area contributed by atoms with Crippen molar-refractivity contribution in [1.82, 2.24) is 25.5 Å². The number of hydrogen-bond donors (Lipinski definition) is 5. The number of fused-ring (bicyclic) bond motifs is 2. The van der Waals surface area contributed by atoms with Gasteiger partial charge in [0.25, 0.3) is 0 Å². The smallest absolute Gasteiger partial charge is 0.240 e. The summed E-state index contributed by atoms with van der Waals surface area (Å²) < 4.78 is 6.41. The normalized spacial score (nSPS) is 41.0. The molecular weight excluding hydrogens is 686 g/mol. The Morgan fingerprint density at radius 2 is 1.76 bits per heavy atom. The van der Waals surface area contributed by atoms with E-state index >= 15 is 0 Å². The van der Waals surface area contributed by atoms with Crippen molar-refractivity contribution in [1.29, 1.82) is 0 Å². The monoisotopic (exact) mass is 762 g/mol. The maximum Gasteiger partial charge on any atom is 0.240 e. The van der Waals surface area contributed by atoms with Gasteiger partial charge in [0.1, 0.15) is 12.1 Å². The van der Waals surface area contributed by atoms with E-state index in [1.807, 2.05) is 0 Å². The molecule has 54 heavy (non-hydrogen) atoms. The third-order valence-corrected chi connectivity index (χ3v) is 15.7. The number of likely N-dealkylation sites (tertiary alicyclic amines) is 1. The molecule has 7 aliphatic rings. The highest BCUT2D eigenvalue weighted by molar-refractivity contribution is 5.83. The van der Waals surface area contributed by atoms with Gasteiger partial charge in [-0.25, -0.2) is 0 Å². The predicted molar refractivity (Wildman–Crippen MR) is 208 cm³/mol. The van der Waals surface area contributed by atoms with E-state index in [0.717, 1.165) is 64.6 Å². The second-order valence-corrected chi connectivity index (χ2v) is 19.3. The van der Waals surface area contributed by atoms with Crippen LogP contribution in [0, 0.1) is 52.8 Å². The summed E-state index contributed by atoms with van der Waals surface area (Å²) in [6.45, 7) is 11.9. The first-order chi connectivity index (χ1) is 25.8. The summed E-state index contributed by atoms with van der Waals surface area (Å²) in [5.74, 6) is 1.52. The number of methoxy groups -OCH3 is 1. The van der Waals surface area contributed by atoms with Gasteiger partial charge in [0, 0.05) is 62.7 Å². The Kier molecular flexibility index (Phi) is 14.1. The summed E-state index contributed by atoms with van der Waals surface area (Å²) >= 11 is 0. The fourth-order valence-corrected chi connectivity index (χ4v) is 12.4. The number of aliphatic hydroxyl groups excluding tert-OH is 3. The first-order valence-electron chi connectivity index (χ1n) is 21.6. The van der Waals surface area contributed by atoms with E-state index in [-0.39, 0.29) is 67.0 Å². The molecule has 15 atom stereocenters. The van der Waals surface area contributed by atoms with Crippen LogP contribution in [-0.4, -0.2) is 145 Å². The van der Waals surface area contributed by atoms with Gasteiger partial charge in [0.2, 0.25) is 11.8 Å². The number of hydroxylamine groups is 2. The van der Waals surface area contributed by atoms with E-state index in [9.17, 15) is 24.9 Å². The molecule has 0 radical (unpaired) electrons. The number of carbonyl (C=O) groups is 2. The average Bonchev–Trinajstić information content (AvgIpc) is 3.79. The van der Waals surface area contributed by atoms with Gasteiger partial charge in [0.15, 0.2) is 0 Å². The summed E-state index contributed by atoms with van der Waals surface area (Å²) in [7, 11) is 6.03. The van der Waals surface area contributed by atoms with Crippen LogP contribution in [0.5, 0.6) is 0 Å². The van der Waals surface area contributed by atoms with Crippen LogP contribution >= 0.6 is 0 Å². The number of carbonyl (C=O) groups excluding carboxylic acids is 2. The zero-order chi connectivity index (χ0) is 38.9. The SMILES string of the molecule is COC1C(CN2O[C@@H](CO)[C@H]([C@H](C)O)[C@H]2C(=O)N[C@H]2C[C@H]3C[C@@H]([C@@H]2C)C3(C)C)CCCC1C1CC(C(=O)N[C@@H](CCO)CN2CCCC2)CC(N(C)C)C1. The maximum atomic E-state index is 14.3. The number of amides is 2. The molecule has 0 aromatic rings. The molecule has 2 saturated heterocycles. The second kappa shape index (κ2) is 18.0. The Labute approximate surface area is 325 Å². The lowest BCUT2D eigenvalue weighted by Gasteiger charge is -2.62. The molecule has 6 unspecified atom stereocenters. The van der Waals surface area contributed by atoms with E-state index in [1.54, 1.807) is 19.1 Å². The van der Waals surface area contributed by atoms with Gasteiger partial charge in [0.05, 0.1) is 18.8 Å². The molecule has 0 aromatic heterocycles. The molecule has 12 heteroatoms. The van der Waals surface area contributed by atoms with Crippen LogP contribution in [-0.2, 0) is 19.2 Å². The zero-order valence-electron chi connectivity index (χ0n) is 34.5. The molecular formula is C42H75N5O7. The number of aliphatic hydroxyl groups is 3. The molecule has 2 heterocycles. The maximum absolute atomic E-state index is 14.3. The fraction of sp³-hybridized carbons (Fsp3) is 0.952. The van der Waals surface area contributed by atoms with E-state index < -0.39 is 24.2 Å². The van der Waals surface area contributed by atoms with Crippen molar-refractivity contribution in [2.45, 2.75) is 141 Å². The van der Waals surface area contributed by atoms with Crippen molar-refractivity contribution in [2.75, 3.05) is 60.6 Å². The molecule has 7 fully saturated rings. The van der Waals surface area contributed by atoms with Crippen LogP contribution in [0.15, 0.2) is 0 Å². The summed E-state index contributed by atoms with van der Waals surface area (Å²) in [6, 6.07) is -0.405. The Balaban J connectivity index is 1.15. The number of rotatable bonds is 15. The van der Waals surface area contributed by atoms with Gasteiger partial charge in [-0.1, -0.05) is 27.2 Å². The summed E-state index contributed by atoms with van der Waals surface area (Å²) in [4.78, 5) is 39.4. The highest BCUT2D eigenvalue weighted by Gasteiger charge is 2.58. The van der Waals surface area contributed by atoms with E-state index in [2.05, 4.69) is 55.3 Å². The van der Waals surface area contributed by atoms with Crippen LogP contribution in [0.2, 0.25) is 0 Å². The lowest BCUT2D eigenvalue weighted by molar-refractivity contribution is -0.193. The van der Waals surface area contributed by atoms with Crippen molar-refractivity contribution in [3.63, 3.8) is 0 Å². The number of nitrogens with zero attached hydrogens (tertiary/aromatic N) is 3. The molecule has 2 aliphatic heterocycles. The van der Waals surface area contributed by atoms with E-state index in [0.29, 0.717) is 42.1 Å². The second-order valence-electron chi connectivity index (χ2n) is 19.3. The van der Waals surface area contributed by atoms with Crippen LogP contribution in [0.1, 0.15) is 98.3 Å². The van der Waals surface area contributed by atoms with Gasteiger partial charge in [-0.3, -0.25) is 14.4 Å². The van der Waals surface area contributed by atoms with Crippen molar-refractivity contribution >= 4 is 11.8 Å². The number of ether oxygens (including phenoxy) is 1. The van der Waals surface area contributed by atoms with Crippen LogP contribution < -0.4 is 10.6 Å². The summed E-state index contributed by atoms with van der Waals surface area (Å²) in [6.07, 6.45) is 9.17. The van der Waals surface area contributed by atoms with Crippen LogP contribution in [0.4, 0.5) is 0 Å². The van der Waals surface area contributed by atoms with Crippen molar-refractivity contribution in [3.05, 3.63) is 0 Å². The molecule has 5 saturated carbocycles. The first-order valence-corrected chi connectivity index (χ1v) is 21.6. The van der Waals surface area contributed by atoms with E-state index in [1.165, 1.54) is 19.3 Å². The Morgan fingerprint density at radius 1 is 1.02 bits per heavy atom. The molecule has 5 aliphatic carbocycles. The number of hydrogen-bond acceptors (Lipinski definition) is 10. The molecule has 0 spiro atoms. The minimum Gasteiger partial charge on any atom is -0.396 e. The van der Waals surface area contributed by atoms with E-state index in [4.69, 9.17) is 9.57 Å². The van der Waals surface area contributed by atoms with Gasteiger partial charge >= 0.3 is 0 Å². The minimum atomic E-state index is -0.836. The van der Waals surface area contributed by atoms with Gasteiger partial charge < -0.3 is 40.5 Å². The van der Waals surface area contributed by atoms with Crippen LogP contribution in [0.25, 0.3) is 0 Å². The van der Waals surface area contributed by atoms with Gasteiger partial charge in [-0.15, -0.1) is 0 Å². The quantitative estimate of drug-likeness (QED) is 0.169. The minimum absolute atomic E-state index is 0.0535. The molecule has 7 rings (SSSR count). The van der Waals surface area contributed by atoms with Crippen LogP contribution in [0.3, 0.4) is 0 Å². The fourth-order valence-electron chi connectivity index (χ4n) is 12.4. The summed E-state index contributed by atoms with van der Waals surface area (Å²) in [5.41, 5.74) is 0.310. The Bertz CT molecular complexity index is 1250. The molecule has 12 nitrogen and oxygen atoms in total. The Hall–Kier alpha value is -1.38. The first kappa shape index (κ1) is 42.2. The zero-order valence-corrected chi connectivity index (χ0v) is 34.5. The standard InChI is InChI=1S/C42H75N5O7/c1-25-34-20-30(42(34,3)4)21-35(25)44-41(52)38-37(26(2)50)36(24-49)54-47(38)22-27-11-10-12-33(39(27)53-7)28-17-29(19-32(18-28)45(5)6)40(51)43-31(13-16-48)23-46-14-8-9-15-46/h25-39,48-50H,8-24H2,1-7H3,(H,43,51)(H,44,52)/t25-,26-,27?,28?,29?,30+,31-,32?,33?,34-,35-,36-,37-,38-,39?/m0/s1. The largest absolute Gasteiger partial charge is 0.396 e. The Morgan fingerprint density at radius 3 is 2.37 bits per heavy atom. The lowest BCUT2D eigenvalue weighted by atomic mass is 9.45. The average molecular weight is 762 g/mol. The molecule has 2 amide bonds. The molecule has 0 aromatic carbocycles. The number of nitrogens with one attached hydrogen (secondary N) is 2. The summed E-state index contributed by atoms with van der Waals surface area (Å²) in [5, 5.41) is 39.8. The van der Waals surface area contributed by atoms with Gasteiger partial charge in [-0.2, -0.15) is 5.06 Å². The topological polar surface area (TPSA) is 147 Å². The van der Waals surface area contributed by atoms with Gasteiger partial charge in [-0.05, 0) is 133 Å².